The fourth-order valence-electron chi connectivity index (χ4n) is 3.02. The van der Waals surface area contributed by atoms with Gasteiger partial charge in [0.15, 0.2) is 0 Å². The maximum Gasteiger partial charge on any atom is 0.267 e. The van der Waals surface area contributed by atoms with Crippen molar-refractivity contribution >= 4 is 5.91 Å². The number of aromatic nitrogens is 3. The number of nitrogens with zero attached hydrogens (tertiary/aromatic N) is 2. The molecular weight excluding hydrogens is 276 g/mol. The third kappa shape index (κ3) is 1.90. The Hall–Kier alpha value is -2.95. The molecule has 2 heterocycles. The van der Waals surface area contributed by atoms with Gasteiger partial charge in [0.1, 0.15) is 5.69 Å². The van der Waals surface area contributed by atoms with Crippen LogP contribution < -0.4 is 5.73 Å². The number of amides is 1. The fraction of sp³-hybridized carbons (Fsp3) is 0.118. The minimum absolute atomic E-state index is 0.255. The number of aromatic amines is 1. The van der Waals surface area contributed by atoms with Crippen LogP contribution in [-0.2, 0) is 12.8 Å². The monoisotopic (exact) mass is 290 g/mol. The molecule has 4 rings (SSSR count). The number of hydrogen-bond donors (Lipinski definition) is 2. The van der Waals surface area contributed by atoms with Crippen molar-refractivity contribution in [3.8, 4) is 22.5 Å². The molecule has 0 saturated heterocycles. The summed E-state index contributed by atoms with van der Waals surface area (Å²) >= 11 is 0. The Kier molecular flexibility index (Phi) is 2.79. The number of pyridine rings is 1. The molecule has 0 unspecified atom stereocenters. The van der Waals surface area contributed by atoms with E-state index in [9.17, 15) is 4.79 Å². The first kappa shape index (κ1) is 12.8. The second-order valence-corrected chi connectivity index (χ2v) is 5.38. The van der Waals surface area contributed by atoms with Crippen LogP contribution in [0.25, 0.3) is 22.5 Å². The van der Waals surface area contributed by atoms with Crippen LogP contribution in [0.1, 0.15) is 21.6 Å². The second kappa shape index (κ2) is 4.80. The Balaban J connectivity index is 1.86. The number of nitrogens with one attached hydrogen (secondary N) is 1. The zero-order valence-electron chi connectivity index (χ0n) is 11.8. The molecule has 1 aliphatic rings. The molecule has 2 aromatic heterocycles. The lowest BCUT2D eigenvalue weighted by atomic mass is 9.88. The largest absolute Gasteiger partial charge is 0.364 e. The van der Waals surface area contributed by atoms with Gasteiger partial charge in [-0.25, -0.2) is 0 Å². The molecule has 1 amide bonds. The highest BCUT2D eigenvalue weighted by Gasteiger charge is 2.22. The van der Waals surface area contributed by atoms with Crippen LogP contribution in [-0.4, -0.2) is 21.1 Å². The molecule has 0 atom stereocenters. The average molecular weight is 290 g/mol. The number of nitrogens with two attached hydrogens (primary N) is 1. The third-order valence-corrected chi connectivity index (χ3v) is 4.08. The van der Waals surface area contributed by atoms with Crippen LogP contribution in [0.3, 0.4) is 0 Å². The summed E-state index contributed by atoms with van der Waals surface area (Å²) in [7, 11) is 0. The average Bonchev–Trinajstić information content (AvgIpc) is 2.99. The molecule has 0 saturated carbocycles. The molecule has 0 radical (unpaired) electrons. The molecule has 1 aromatic carbocycles. The topological polar surface area (TPSA) is 84.7 Å². The number of aryl methyl sites for hydroxylation is 1. The second-order valence-electron chi connectivity index (χ2n) is 5.38. The minimum atomic E-state index is -0.531. The van der Waals surface area contributed by atoms with E-state index in [0.717, 1.165) is 29.8 Å². The van der Waals surface area contributed by atoms with Crippen molar-refractivity contribution in [1.82, 2.24) is 15.2 Å². The molecule has 0 spiro atoms. The number of fused-ring (bicyclic) bond motifs is 3. The molecule has 0 aliphatic heterocycles. The van der Waals surface area contributed by atoms with Gasteiger partial charge < -0.3 is 5.73 Å². The molecule has 0 bridgehead atoms. The maximum atomic E-state index is 11.3. The highest BCUT2D eigenvalue weighted by atomic mass is 16.1. The molecule has 0 fully saturated rings. The van der Waals surface area contributed by atoms with Crippen LogP contribution in [0.15, 0.2) is 42.6 Å². The van der Waals surface area contributed by atoms with Crippen molar-refractivity contribution in [2.45, 2.75) is 12.8 Å². The Labute approximate surface area is 127 Å². The Bertz CT molecular complexity index is 882. The van der Waals surface area contributed by atoms with Gasteiger partial charge in [0, 0.05) is 22.9 Å². The van der Waals surface area contributed by atoms with E-state index in [4.69, 9.17) is 5.73 Å². The van der Waals surface area contributed by atoms with Gasteiger partial charge in [-0.1, -0.05) is 24.3 Å². The van der Waals surface area contributed by atoms with Gasteiger partial charge in [0.25, 0.3) is 5.91 Å². The van der Waals surface area contributed by atoms with Gasteiger partial charge in [-0.15, -0.1) is 0 Å². The summed E-state index contributed by atoms with van der Waals surface area (Å²) in [6.07, 6.45) is 3.50. The summed E-state index contributed by atoms with van der Waals surface area (Å²) in [5.74, 6) is -0.531. The van der Waals surface area contributed by atoms with E-state index in [1.54, 1.807) is 12.3 Å². The molecule has 108 valence electrons. The summed E-state index contributed by atoms with van der Waals surface area (Å²) in [5, 5.41) is 7.61. The first-order valence-corrected chi connectivity index (χ1v) is 7.16. The predicted octanol–water partition coefficient (Wildman–Crippen LogP) is 2.34. The van der Waals surface area contributed by atoms with Gasteiger partial charge in [0.2, 0.25) is 0 Å². The van der Waals surface area contributed by atoms with Crippen molar-refractivity contribution in [1.29, 1.82) is 0 Å². The van der Waals surface area contributed by atoms with Crippen LogP contribution in [0, 0.1) is 0 Å². The van der Waals surface area contributed by atoms with Gasteiger partial charge in [-0.2, -0.15) is 5.10 Å². The van der Waals surface area contributed by atoms with E-state index in [0.29, 0.717) is 0 Å². The lowest BCUT2D eigenvalue weighted by molar-refractivity contribution is 0.0995. The van der Waals surface area contributed by atoms with Crippen molar-refractivity contribution in [3.05, 3.63) is 59.4 Å². The van der Waals surface area contributed by atoms with Gasteiger partial charge in [-0.3, -0.25) is 14.9 Å². The van der Waals surface area contributed by atoms with E-state index in [1.807, 2.05) is 12.1 Å². The first-order valence-electron chi connectivity index (χ1n) is 7.16. The predicted molar refractivity (Wildman–Crippen MR) is 83.2 cm³/mol. The Morgan fingerprint density at radius 1 is 1.18 bits per heavy atom. The van der Waals surface area contributed by atoms with Crippen LogP contribution >= 0.6 is 0 Å². The molecule has 5 nitrogen and oxygen atoms in total. The molecular formula is C17H14N4O. The van der Waals surface area contributed by atoms with Crippen molar-refractivity contribution in [2.24, 2.45) is 5.73 Å². The summed E-state index contributed by atoms with van der Waals surface area (Å²) in [5.41, 5.74) is 12.1. The standard InChI is InChI=1S/C17H14N4O/c18-17(22)14-9-11(7-8-19-14)15-13-6-5-10-3-1-2-4-12(10)16(13)21-20-15/h1-4,7-9H,5-6H2,(H2,18,22)(H,20,21). The van der Waals surface area contributed by atoms with Gasteiger partial charge in [-0.05, 0) is 30.5 Å². The summed E-state index contributed by atoms with van der Waals surface area (Å²) in [6.45, 7) is 0. The molecule has 3 N–H and O–H groups in total. The zero-order valence-corrected chi connectivity index (χ0v) is 11.8. The highest BCUT2D eigenvalue weighted by molar-refractivity contribution is 5.92. The Morgan fingerprint density at radius 3 is 2.91 bits per heavy atom. The molecule has 3 aromatic rings. The van der Waals surface area contributed by atoms with E-state index in [2.05, 4.69) is 33.4 Å². The van der Waals surface area contributed by atoms with Gasteiger partial charge in [0.05, 0.1) is 11.4 Å². The Morgan fingerprint density at radius 2 is 2.05 bits per heavy atom. The lowest BCUT2D eigenvalue weighted by Gasteiger charge is -2.16. The zero-order chi connectivity index (χ0) is 15.1. The maximum absolute atomic E-state index is 11.3. The van der Waals surface area contributed by atoms with Crippen molar-refractivity contribution in [3.63, 3.8) is 0 Å². The summed E-state index contributed by atoms with van der Waals surface area (Å²) < 4.78 is 0. The SMILES string of the molecule is NC(=O)c1cc(-c2n[nH]c3c2CCc2ccccc2-3)ccn1. The lowest BCUT2D eigenvalue weighted by Crippen LogP contribution is -2.12. The van der Waals surface area contributed by atoms with Gasteiger partial charge >= 0.3 is 0 Å². The third-order valence-electron chi connectivity index (χ3n) is 4.08. The number of primary amides is 1. The smallest absolute Gasteiger partial charge is 0.267 e. The number of rotatable bonds is 2. The van der Waals surface area contributed by atoms with E-state index in [1.165, 1.54) is 16.7 Å². The quantitative estimate of drug-likeness (QED) is 0.759. The fourth-order valence-corrected chi connectivity index (χ4v) is 3.02. The minimum Gasteiger partial charge on any atom is -0.364 e. The van der Waals surface area contributed by atoms with Crippen molar-refractivity contribution in [2.75, 3.05) is 0 Å². The molecule has 1 aliphatic carbocycles. The molecule has 5 heteroatoms. The van der Waals surface area contributed by atoms with Crippen LogP contribution in [0.2, 0.25) is 0 Å². The van der Waals surface area contributed by atoms with E-state index in [-0.39, 0.29) is 5.69 Å². The summed E-state index contributed by atoms with van der Waals surface area (Å²) in [6, 6.07) is 11.9. The number of carbonyl (C=O) groups is 1. The van der Waals surface area contributed by atoms with E-state index >= 15 is 0 Å². The summed E-state index contributed by atoms with van der Waals surface area (Å²) in [4.78, 5) is 15.3. The number of H-pyrrole nitrogens is 1. The van der Waals surface area contributed by atoms with Crippen molar-refractivity contribution < 1.29 is 4.79 Å². The first-order chi connectivity index (χ1) is 10.7. The van der Waals surface area contributed by atoms with Crippen LogP contribution in [0.5, 0.6) is 0 Å². The number of hydrogen-bond acceptors (Lipinski definition) is 3. The molecule has 22 heavy (non-hydrogen) atoms. The number of carbonyl (C=O) groups excluding carboxylic acids is 1. The van der Waals surface area contributed by atoms with Crippen LogP contribution in [0.4, 0.5) is 0 Å². The normalized spacial score (nSPS) is 12.5. The van der Waals surface area contributed by atoms with E-state index < -0.39 is 5.91 Å². The number of benzene rings is 1. The highest BCUT2D eigenvalue weighted by Crippen LogP contribution is 2.36.